The molecule has 78 valence electrons. The Morgan fingerprint density at radius 2 is 2.20 bits per heavy atom. The van der Waals surface area contributed by atoms with E-state index in [1.54, 1.807) is 0 Å². The number of fused-ring (bicyclic) bond motifs is 1. The van der Waals surface area contributed by atoms with E-state index in [1.165, 1.54) is 10.9 Å². The Bertz CT molecular complexity index is 458. The Kier molecular flexibility index (Phi) is 2.86. The van der Waals surface area contributed by atoms with Gasteiger partial charge in [0.05, 0.1) is 0 Å². The molecule has 2 heteroatoms. The van der Waals surface area contributed by atoms with Gasteiger partial charge in [0, 0.05) is 23.5 Å². The SMILES string of the molecule is CCC(CC=O)c1c[nH]c2ccccc12. The maximum atomic E-state index is 10.6. The summed E-state index contributed by atoms with van der Waals surface area (Å²) in [6.07, 6.45) is 4.65. The molecule has 0 amide bonds. The summed E-state index contributed by atoms with van der Waals surface area (Å²) in [6, 6.07) is 8.22. The number of aromatic nitrogens is 1. The van der Waals surface area contributed by atoms with E-state index in [4.69, 9.17) is 0 Å². The number of nitrogens with one attached hydrogen (secondary N) is 1. The van der Waals surface area contributed by atoms with E-state index in [2.05, 4.69) is 24.0 Å². The van der Waals surface area contributed by atoms with Crippen LogP contribution in [0.25, 0.3) is 10.9 Å². The van der Waals surface area contributed by atoms with E-state index in [0.29, 0.717) is 12.3 Å². The Hall–Kier alpha value is -1.57. The van der Waals surface area contributed by atoms with E-state index in [9.17, 15) is 4.79 Å². The monoisotopic (exact) mass is 201 g/mol. The number of aldehydes is 1. The van der Waals surface area contributed by atoms with Crippen LogP contribution in [0, 0.1) is 0 Å². The first-order chi connectivity index (χ1) is 7.36. The van der Waals surface area contributed by atoms with Gasteiger partial charge in [-0.15, -0.1) is 0 Å². The lowest BCUT2D eigenvalue weighted by Gasteiger charge is -2.09. The van der Waals surface area contributed by atoms with Crippen molar-refractivity contribution in [2.45, 2.75) is 25.7 Å². The third kappa shape index (κ3) is 1.80. The van der Waals surface area contributed by atoms with E-state index in [-0.39, 0.29) is 0 Å². The van der Waals surface area contributed by atoms with Crippen LogP contribution in [0.2, 0.25) is 0 Å². The summed E-state index contributed by atoms with van der Waals surface area (Å²) in [5.74, 6) is 0.346. The normalized spacial score (nSPS) is 12.9. The van der Waals surface area contributed by atoms with Crippen molar-refractivity contribution in [3.05, 3.63) is 36.0 Å². The minimum atomic E-state index is 0.346. The molecule has 0 bridgehead atoms. The van der Waals surface area contributed by atoms with Crippen molar-refractivity contribution in [1.82, 2.24) is 4.98 Å². The molecular formula is C13H15NO. The fourth-order valence-corrected chi connectivity index (χ4v) is 2.06. The number of rotatable bonds is 4. The molecule has 0 saturated heterocycles. The molecule has 1 atom stereocenters. The van der Waals surface area contributed by atoms with Gasteiger partial charge in [0.25, 0.3) is 0 Å². The number of carbonyl (C=O) groups is 1. The molecule has 1 aromatic heterocycles. The highest BCUT2D eigenvalue weighted by Crippen LogP contribution is 2.29. The van der Waals surface area contributed by atoms with Crippen LogP contribution in [-0.4, -0.2) is 11.3 Å². The van der Waals surface area contributed by atoms with Crippen LogP contribution in [-0.2, 0) is 4.79 Å². The highest BCUT2D eigenvalue weighted by molar-refractivity contribution is 5.83. The van der Waals surface area contributed by atoms with Crippen molar-refractivity contribution in [3.8, 4) is 0 Å². The van der Waals surface area contributed by atoms with Crippen molar-refractivity contribution in [1.29, 1.82) is 0 Å². The molecule has 0 saturated carbocycles. The zero-order chi connectivity index (χ0) is 10.7. The number of hydrogen-bond acceptors (Lipinski definition) is 1. The van der Waals surface area contributed by atoms with Gasteiger partial charge in [0.15, 0.2) is 0 Å². The molecule has 0 aliphatic heterocycles. The van der Waals surface area contributed by atoms with Gasteiger partial charge in [-0.2, -0.15) is 0 Å². The Morgan fingerprint density at radius 3 is 2.93 bits per heavy atom. The smallest absolute Gasteiger partial charge is 0.120 e. The van der Waals surface area contributed by atoms with Crippen LogP contribution in [0.5, 0.6) is 0 Å². The molecule has 1 N–H and O–H groups in total. The molecular weight excluding hydrogens is 186 g/mol. The summed E-state index contributed by atoms with van der Waals surface area (Å²) in [4.78, 5) is 13.8. The van der Waals surface area contributed by atoms with Gasteiger partial charge in [-0.1, -0.05) is 25.1 Å². The van der Waals surface area contributed by atoms with Crippen LogP contribution in [0.4, 0.5) is 0 Å². The molecule has 1 unspecified atom stereocenters. The molecule has 0 spiro atoms. The molecule has 1 heterocycles. The molecule has 15 heavy (non-hydrogen) atoms. The predicted molar refractivity (Wildman–Crippen MR) is 62.0 cm³/mol. The van der Waals surface area contributed by atoms with Crippen LogP contribution in [0.3, 0.4) is 0 Å². The van der Waals surface area contributed by atoms with Crippen molar-refractivity contribution in [2.75, 3.05) is 0 Å². The summed E-state index contributed by atoms with van der Waals surface area (Å²) in [5, 5.41) is 1.24. The lowest BCUT2D eigenvalue weighted by atomic mass is 9.93. The van der Waals surface area contributed by atoms with Gasteiger partial charge in [-0.3, -0.25) is 0 Å². The third-order valence-electron chi connectivity index (χ3n) is 2.93. The first kappa shape index (κ1) is 9.97. The molecule has 2 rings (SSSR count). The van der Waals surface area contributed by atoms with Crippen molar-refractivity contribution in [2.24, 2.45) is 0 Å². The van der Waals surface area contributed by atoms with Crippen LogP contribution >= 0.6 is 0 Å². The average Bonchev–Trinajstić information content (AvgIpc) is 2.70. The van der Waals surface area contributed by atoms with Gasteiger partial charge < -0.3 is 9.78 Å². The average molecular weight is 201 g/mol. The molecule has 1 aromatic carbocycles. The maximum absolute atomic E-state index is 10.6. The van der Waals surface area contributed by atoms with Crippen LogP contribution in [0.15, 0.2) is 30.5 Å². The molecule has 0 aliphatic rings. The largest absolute Gasteiger partial charge is 0.361 e. The summed E-state index contributed by atoms with van der Waals surface area (Å²) in [5.41, 5.74) is 2.41. The zero-order valence-electron chi connectivity index (χ0n) is 8.86. The minimum absolute atomic E-state index is 0.346. The Labute approximate surface area is 89.3 Å². The third-order valence-corrected chi connectivity index (χ3v) is 2.93. The Morgan fingerprint density at radius 1 is 1.40 bits per heavy atom. The number of hydrogen-bond donors (Lipinski definition) is 1. The fourth-order valence-electron chi connectivity index (χ4n) is 2.06. The standard InChI is InChI=1S/C13H15NO/c1-2-10(7-8-15)12-9-14-13-6-4-3-5-11(12)13/h3-6,8-10,14H,2,7H2,1H3. The summed E-state index contributed by atoms with van der Waals surface area (Å²) in [6.45, 7) is 2.12. The van der Waals surface area contributed by atoms with Crippen molar-refractivity contribution >= 4 is 17.2 Å². The van der Waals surface area contributed by atoms with E-state index < -0.39 is 0 Å². The molecule has 2 nitrogen and oxygen atoms in total. The van der Waals surface area contributed by atoms with E-state index in [1.807, 2.05) is 18.3 Å². The van der Waals surface area contributed by atoms with E-state index in [0.717, 1.165) is 18.2 Å². The fraction of sp³-hybridized carbons (Fsp3) is 0.308. The second-order valence-corrected chi connectivity index (χ2v) is 3.80. The van der Waals surface area contributed by atoms with Crippen molar-refractivity contribution in [3.63, 3.8) is 0 Å². The number of para-hydroxylation sites is 1. The van der Waals surface area contributed by atoms with Gasteiger partial charge in [0.2, 0.25) is 0 Å². The molecule has 0 radical (unpaired) electrons. The summed E-state index contributed by atoms with van der Waals surface area (Å²) < 4.78 is 0. The summed E-state index contributed by atoms with van der Waals surface area (Å²) in [7, 11) is 0. The Balaban J connectivity index is 2.45. The number of aromatic amines is 1. The van der Waals surface area contributed by atoms with Gasteiger partial charge in [-0.25, -0.2) is 0 Å². The number of benzene rings is 1. The first-order valence-corrected chi connectivity index (χ1v) is 5.36. The number of carbonyl (C=O) groups excluding carboxylic acids is 1. The maximum Gasteiger partial charge on any atom is 0.120 e. The number of H-pyrrole nitrogens is 1. The first-order valence-electron chi connectivity index (χ1n) is 5.36. The van der Waals surface area contributed by atoms with Gasteiger partial charge in [0.1, 0.15) is 6.29 Å². The quantitative estimate of drug-likeness (QED) is 0.757. The predicted octanol–water partition coefficient (Wildman–Crippen LogP) is 3.25. The highest BCUT2D eigenvalue weighted by Gasteiger charge is 2.12. The molecule has 0 fully saturated rings. The second-order valence-electron chi connectivity index (χ2n) is 3.80. The zero-order valence-corrected chi connectivity index (χ0v) is 8.86. The van der Waals surface area contributed by atoms with Gasteiger partial charge >= 0.3 is 0 Å². The van der Waals surface area contributed by atoms with Crippen molar-refractivity contribution < 1.29 is 4.79 Å². The summed E-state index contributed by atoms with van der Waals surface area (Å²) >= 11 is 0. The second kappa shape index (κ2) is 4.30. The van der Waals surface area contributed by atoms with Gasteiger partial charge in [-0.05, 0) is 24.0 Å². The van der Waals surface area contributed by atoms with E-state index >= 15 is 0 Å². The van der Waals surface area contributed by atoms with Crippen LogP contribution in [0.1, 0.15) is 31.2 Å². The van der Waals surface area contributed by atoms with Crippen LogP contribution < -0.4 is 0 Å². The lowest BCUT2D eigenvalue weighted by Crippen LogP contribution is -1.96. The minimum Gasteiger partial charge on any atom is -0.361 e. The molecule has 2 aromatic rings. The molecule has 0 aliphatic carbocycles. The lowest BCUT2D eigenvalue weighted by molar-refractivity contribution is -0.108. The topological polar surface area (TPSA) is 32.9 Å². The highest BCUT2D eigenvalue weighted by atomic mass is 16.1.